The number of hydrogen-bond donors (Lipinski definition) is 3. The lowest BCUT2D eigenvalue weighted by atomic mass is 10.0. The van der Waals surface area contributed by atoms with Crippen LogP contribution in [0.5, 0.6) is 0 Å². The SMILES string of the molecule is CNC(=O)c1ccc2c(C)cn([C@H](C)C(=O)Nc3cc(Cn4cnc(C5CC5)n4)ccc3CCCC(=O)O)c2c1. The van der Waals surface area contributed by atoms with Gasteiger partial charge >= 0.3 is 5.97 Å². The lowest BCUT2D eigenvalue weighted by Crippen LogP contribution is -2.24. The predicted molar refractivity (Wildman–Crippen MR) is 152 cm³/mol. The molecule has 208 valence electrons. The van der Waals surface area contributed by atoms with Crippen molar-refractivity contribution in [2.24, 2.45) is 0 Å². The number of nitrogens with zero attached hydrogens (tertiary/aromatic N) is 4. The van der Waals surface area contributed by atoms with Gasteiger partial charge in [-0.3, -0.25) is 14.4 Å². The van der Waals surface area contributed by atoms with Crippen molar-refractivity contribution in [2.45, 2.75) is 64.5 Å². The first-order valence-corrected chi connectivity index (χ1v) is 13.6. The van der Waals surface area contributed by atoms with Gasteiger partial charge in [0.2, 0.25) is 5.91 Å². The van der Waals surface area contributed by atoms with E-state index in [-0.39, 0.29) is 18.2 Å². The maximum absolute atomic E-state index is 13.6. The summed E-state index contributed by atoms with van der Waals surface area (Å²) in [6.45, 7) is 4.31. The van der Waals surface area contributed by atoms with Gasteiger partial charge in [0.25, 0.3) is 5.91 Å². The Balaban J connectivity index is 1.40. The van der Waals surface area contributed by atoms with Gasteiger partial charge in [-0.1, -0.05) is 18.2 Å². The van der Waals surface area contributed by atoms with Crippen molar-refractivity contribution in [3.05, 3.63) is 77.0 Å². The summed E-state index contributed by atoms with van der Waals surface area (Å²) in [5.74, 6) is 0.0930. The fraction of sp³-hybridized carbons (Fsp3) is 0.367. The van der Waals surface area contributed by atoms with Crippen molar-refractivity contribution in [1.29, 1.82) is 0 Å². The maximum atomic E-state index is 13.6. The van der Waals surface area contributed by atoms with E-state index in [4.69, 9.17) is 5.11 Å². The number of anilines is 1. The summed E-state index contributed by atoms with van der Waals surface area (Å²) < 4.78 is 3.69. The van der Waals surface area contributed by atoms with Crippen molar-refractivity contribution in [3.8, 4) is 0 Å². The van der Waals surface area contributed by atoms with E-state index in [1.54, 1.807) is 30.2 Å². The van der Waals surface area contributed by atoms with Crippen LogP contribution in [0, 0.1) is 6.92 Å². The normalized spacial score (nSPS) is 13.8. The molecule has 1 aliphatic rings. The third-order valence-corrected chi connectivity index (χ3v) is 7.43. The molecule has 5 rings (SSSR count). The van der Waals surface area contributed by atoms with E-state index < -0.39 is 12.0 Å². The number of carboxylic acids is 1. The second-order valence-electron chi connectivity index (χ2n) is 10.5. The molecule has 0 saturated heterocycles. The highest BCUT2D eigenvalue weighted by molar-refractivity contribution is 6.00. The molecule has 40 heavy (non-hydrogen) atoms. The fourth-order valence-electron chi connectivity index (χ4n) is 4.98. The number of aromatic nitrogens is 4. The summed E-state index contributed by atoms with van der Waals surface area (Å²) in [4.78, 5) is 41.4. The number of rotatable bonds is 11. The molecule has 2 heterocycles. The molecule has 0 unspecified atom stereocenters. The molecule has 2 aromatic carbocycles. The number of hydrogen-bond acceptors (Lipinski definition) is 5. The molecule has 10 heteroatoms. The fourth-order valence-corrected chi connectivity index (χ4v) is 4.98. The third-order valence-electron chi connectivity index (χ3n) is 7.43. The molecule has 1 atom stereocenters. The zero-order valence-corrected chi connectivity index (χ0v) is 23.0. The summed E-state index contributed by atoms with van der Waals surface area (Å²) in [5, 5.41) is 20.4. The molecule has 1 aliphatic carbocycles. The number of aliphatic carboxylic acids is 1. The van der Waals surface area contributed by atoms with Crippen LogP contribution in [0.4, 0.5) is 5.69 Å². The second kappa shape index (κ2) is 11.3. The van der Waals surface area contributed by atoms with Crippen LogP contribution in [0.1, 0.15) is 77.4 Å². The monoisotopic (exact) mass is 542 g/mol. The minimum atomic E-state index is -0.848. The van der Waals surface area contributed by atoms with E-state index in [9.17, 15) is 14.4 Å². The highest BCUT2D eigenvalue weighted by atomic mass is 16.4. The Morgan fingerprint density at radius 2 is 1.95 bits per heavy atom. The number of carbonyl (C=O) groups is 3. The van der Waals surface area contributed by atoms with Crippen molar-refractivity contribution in [2.75, 3.05) is 12.4 Å². The van der Waals surface area contributed by atoms with E-state index in [0.717, 1.165) is 46.3 Å². The van der Waals surface area contributed by atoms with E-state index in [1.165, 1.54) is 0 Å². The molecule has 2 amide bonds. The summed E-state index contributed by atoms with van der Waals surface area (Å²) in [7, 11) is 1.59. The minimum Gasteiger partial charge on any atom is -0.481 e. The van der Waals surface area contributed by atoms with Gasteiger partial charge in [0.1, 0.15) is 12.4 Å². The van der Waals surface area contributed by atoms with E-state index in [0.29, 0.717) is 36.6 Å². The van der Waals surface area contributed by atoms with Gasteiger partial charge in [0.05, 0.1) is 6.54 Å². The van der Waals surface area contributed by atoms with Gasteiger partial charge in [-0.25, -0.2) is 9.67 Å². The molecule has 4 aromatic rings. The summed E-state index contributed by atoms with van der Waals surface area (Å²) in [6.07, 6.45) is 6.96. The maximum Gasteiger partial charge on any atom is 0.303 e. The first kappa shape index (κ1) is 27.1. The smallest absolute Gasteiger partial charge is 0.303 e. The Morgan fingerprint density at radius 3 is 2.67 bits per heavy atom. The second-order valence-corrected chi connectivity index (χ2v) is 10.5. The quantitative estimate of drug-likeness (QED) is 0.257. The molecule has 1 fully saturated rings. The number of amides is 2. The molecular formula is C30H34N6O4. The molecule has 0 aliphatic heterocycles. The number of aryl methyl sites for hydroxylation is 2. The summed E-state index contributed by atoms with van der Waals surface area (Å²) >= 11 is 0. The molecule has 0 bridgehead atoms. The first-order chi connectivity index (χ1) is 19.2. The van der Waals surface area contributed by atoms with Crippen molar-refractivity contribution < 1.29 is 19.5 Å². The molecule has 1 saturated carbocycles. The highest BCUT2D eigenvalue weighted by Crippen LogP contribution is 2.37. The van der Waals surface area contributed by atoms with Gasteiger partial charge in [-0.15, -0.1) is 0 Å². The number of nitrogens with one attached hydrogen (secondary N) is 2. The molecule has 2 aromatic heterocycles. The van der Waals surface area contributed by atoms with Gasteiger partial charge in [-0.2, -0.15) is 5.10 Å². The number of fused-ring (bicyclic) bond motifs is 1. The summed E-state index contributed by atoms with van der Waals surface area (Å²) in [6, 6.07) is 10.8. The van der Waals surface area contributed by atoms with Crippen LogP contribution in [-0.2, 0) is 22.6 Å². The Labute approximate surface area is 232 Å². The van der Waals surface area contributed by atoms with Gasteiger partial charge in [0, 0.05) is 47.7 Å². The predicted octanol–water partition coefficient (Wildman–Crippen LogP) is 4.43. The minimum absolute atomic E-state index is 0.0523. The Hall–Kier alpha value is -4.47. The van der Waals surface area contributed by atoms with Crippen molar-refractivity contribution >= 4 is 34.4 Å². The number of benzene rings is 2. The molecule has 0 radical (unpaired) electrons. The average Bonchev–Trinajstić information content (AvgIpc) is 3.60. The third kappa shape index (κ3) is 5.90. The number of carbonyl (C=O) groups excluding carboxylic acids is 2. The molecule has 0 spiro atoms. The topological polar surface area (TPSA) is 131 Å². The van der Waals surface area contributed by atoms with E-state index in [2.05, 4.69) is 20.7 Å². The largest absolute Gasteiger partial charge is 0.481 e. The van der Waals surface area contributed by atoms with Gasteiger partial charge in [-0.05, 0) is 74.4 Å². The lowest BCUT2D eigenvalue weighted by Gasteiger charge is -2.18. The van der Waals surface area contributed by atoms with Gasteiger partial charge in [0.15, 0.2) is 5.82 Å². The molecular weight excluding hydrogens is 508 g/mol. The Bertz CT molecular complexity index is 1580. The Morgan fingerprint density at radius 1 is 1.15 bits per heavy atom. The first-order valence-electron chi connectivity index (χ1n) is 13.6. The van der Waals surface area contributed by atoms with Crippen LogP contribution in [0.15, 0.2) is 48.9 Å². The number of carboxylic acid groups (broad SMARTS) is 1. The van der Waals surface area contributed by atoms with Crippen LogP contribution in [0.25, 0.3) is 10.9 Å². The Kier molecular flexibility index (Phi) is 7.68. The van der Waals surface area contributed by atoms with Crippen molar-refractivity contribution in [3.63, 3.8) is 0 Å². The summed E-state index contributed by atoms with van der Waals surface area (Å²) in [5.41, 5.74) is 4.81. The lowest BCUT2D eigenvalue weighted by molar-refractivity contribution is -0.137. The van der Waals surface area contributed by atoms with E-state index >= 15 is 0 Å². The van der Waals surface area contributed by atoms with Gasteiger partial charge < -0.3 is 20.3 Å². The highest BCUT2D eigenvalue weighted by Gasteiger charge is 2.27. The van der Waals surface area contributed by atoms with Crippen LogP contribution in [-0.4, -0.2) is 49.3 Å². The average molecular weight is 543 g/mol. The van der Waals surface area contributed by atoms with Crippen LogP contribution in [0.3, 0.4) is 0 Å². The molecule has 10 nitrogen and oxygen atoms in total. The standard InChI is InChI=1S/C30H34N6O4/c1-18-15-36(26-14-23(30(40)31-3)11-12-24(18)26)19(2)29(39)33-25-13-20(7-8-21(25)5-4-6-27(37)38)16-35-17-32-28(34-35)22-9-10-22/h7-8,11-15,17,19,22H,4-6,9-10,16H2,1-3H3,(H,31,40)(H,33,39)(H,37,38)/t19-/m1/s1. The van der Waals surface area contributed by atoms with E-state index in [1.807, 2.05) is 48.9 Å². The van der Waals surface area contributed by atoms with Crippen LogP contribution < -0.4 is 10.6 Å². The van der Waals surface area contributed by atoms with Crippen molar-refractivity contribution in [1.82, 2.24) is 24.6 Å². The zero-order valence-electron chi connectivity index (χ0n) is 23.0. The van der Waals surface area contributed by atoms with Crippen LogP contribution in [0.2, 0.25) is 0 Å². The molecule has 3 N–H and O–H groups in total. The van der Waals surface area contributed by atoms with Crippen LogP contribution >= 0.6 is 0 Å². The zero-order chi connectivity index (χ0) is 28.4.